The van der Waals surface area contributed by atoms with E-state index in [9.17, 15) is 4.79 Å². The van der Waals surface area contributed by atoms with E-state index >= 15 is 0 Å². The predicted octanol–water partition coefficient (Wildman–Crippen LogP) is 3.72. The van der Waals surface area contributed by atoms with Gasteiger partial charge in [-0.3, -0.25) is 4.79 Å². The Morgan fingerprint density at radius 1 is 1.45 bits per heavy atom. The summed E-state index contributed by atoms with van der Waals surface area (Å²) in [5, 5.41) is 0.624. The van der Waals surface area contributed by atoms with Gasteiger partial charge < -0.3 is 10.6 Å². The molecule has 1 fully saturated rings. The summed E-state index contributed by atoms with van der Waals surface area (Å²) in [5.74, 6) is 0.587. The second-order valence-electron chi connectivity index (χ2n) is 5.11. The highest BCUT2D eigenvalue weighted by Gasteiger charge is 2.26. The lowest BCUT2D eigenvalue weighted by molar-refractivity contribution is 0.0680. The van der Waals surface area contributed by atoms with Gasteiger partial charge in [0.05, 0.1) is 5.56 Å². The van der Waals surface area contributed by atoms with Crippen molar-refractivity contribution < 1.29 is 4.79 Å². The molecule has 20 heavy (non-hydrogen) atoms. The van der Waals surface area contributed by atoms with Gasteiger partial charge >= 0.3 is 0 Å². The van der Waals surface area contributed by atoms with Crippen molar-refractivity contribution in [2.45, 2.75) is 25.8 Å². The van der Waals surface area contributed by atoms with E-state index in [0.717, 1.165) is 30.4 Å². The molecule has 2 N–H and O–H groups in total. The molecule has 1 aromatic rings. The average molecular weight is 382 g/mol. The summed E-state index contributed by atoms with van der Waals surface area (Å²) in [6.07, 6.45) is 1.96. The van der Waals surface area contributed by atoms with Gasteiger partial charge in [0.15, 0.2) is 0 Å². The SMILES string of the molecule is CC(N)C1CCN(C(=O)c2ccc(Cl)cc2Br)CC1.Cl. The molecule has 0 saturated carbocycles. The van der Waals surface area contributed by atoms with Crippen LogP contribution in [0, 0.1) is 5.92 Å². The summed E-state index contributed by atoms with van der Waals surface area (Å²) in [6, 6.07) is 5.48. The molecule has 2 rings (SSSR count). The largest absolute Gasteiger partial charge is 0.339 e. The number of nitrogens with zero attached hydrogens (tertiary/aromatic N) is 1. The summed E-state index contributed by atoms with van der Waals surface area (Å²) < 4.78 is 0.749. The molecule has 1 unspecified atom stereocenters. The highest BCUT2D eigenvalue weighted by atomic mass is 79.9. The summed E-state index contributed by atoms with van der Waals surface area (Å²) in [7, 11) is 0. The van der Waals surface area contributed by atoms with Crippen LogP contribution in [0.5, 0.6) is 0 Å². The molecule has 1 atom stereocenters. The first kappa shape index (κ1) is 17.8. The monoisotopic (exact) mass is 380 g/mol. The van der Waals surface area contributed by atoms with E-state index < -0.39 is 0 Å². The number of hydrogen-bond donors (Lipinski definition) is 1. The Hall–Kier alpha value is -0.290. The molecule has 1 heterocycles. The number of amides is 1. The molecular formula is C14H19BrCl2N2O. The van der Waals surface area contributed by atoms with Crippen LogP contribution < -0.4 is 5.73 Å². The highest BCUT2D eigenvalue weighted by Crippen LogP contribution is 2.25. The van der Waals surface area contributed by atoms with Crippen molar-refractivity contribution in [2.75, 3.05) is 13.1 Å². The number of benzene rings is 1. The van der Waals surface area contributed by atoms with Crippen molar-refractivity contribution in [3.8, 4) is 0 Å². The summed E-state index contributed by atoms with van der Waals surface area (Å²) >= 11 is 9.29. The molecule has 0 aromatic heterocycles. The van der Waals surface area contributed by atoms with Gasteiger partial charge in [0, 0.05) is 28.6 Å². The smallest absolute Gasteiger partial charge is 0.254 e. The lowest BCUT2D eigenvalue weighted by Gasteiger charge is -2.34. The van der Waals surface area contributed by atoms with Crippen LogP contribution in [-0.2, 0) is 0 Å². The van der Waals surface area contributed by atoms with Crippen molar-refractivity contribution in [1.29, 1.82) is 0 Å². The quantitative estimate of drug-likeness (QED) is 0.848. The van der Waals surface area contributed by atoms with Crippen LogP contribution in [0.1, 0.15) is 30.1 Å². The number of halogens is 3. The lowest BCUT2D eigenvalue weighted by Crippen LogP contribution is -2.42. The van der Waals surface area contributed by atoms with Gasteiger partial charge in [-0.2, -0.15) is 0 Å². The van der Waals surface area contributed by atoms with Crippen molar-refractivity contribution in [2.24, 2.45) is 11.7 Å². The number of hydrogen-bond acceptors (Lipinski definition) is 2. The Morgan fingerprint density at radius 2 is 2.05 bits per heavy atom. The van der Waals surface area contributed by atoms with Gasteiger partial charge in [0.2, 0.25) is 0 Å². The van der Waals surface area contributed by atoms with E-state index in [0.29, 0.717) is 16.5 Å². The van der Waals surface area contributed by atoms with E-state index in [1.54, 1.807) is 18.2 Å². The number of rotatable bonds is 2. The maximum atomic E-state index is 12.4. The van der Waals surface area contributed by atoms with Gasteiger partial charge in [-0.25, -0.2) is 0 Å². The summed E-state index contributed by atoms with van der Waals surface area (Å²) in [4.78, 5) is 14.3. The minimum atomic E-state index is 0. The molecule has 0 radical (unpaired) electrons. The van der Waals surface area contributed by atoms with Crippen LogP contribution in [0.25, 0.3) is 0 Å². The molecule has 0 spiro atoms. The number of nitrogens with two attached hydrogens (primary N) is 1. The van der Waals surface area contributed by atoms with Crippen LogP contribution in [0.2, 0.25) is 5.02 Å². The lowest BCUT2D eigenvalue weighted by atomic mass is 9.90. The number of carbonyl (C=O) groups is 1. The normalized spacial score (nSPS) is 17.5. The molecule has 112 valence electrons. The highest BCUT2D eigenvalue weighted by molar-refractivity contribution is 9.10. The fraction of sp³-hybridized carbons (Fsp3) is 0.500. The minimum Gasteiger partial charge on any atom is -0.339 e. The summed E-state index contributed by atoms with van der Waals surface area (Å²) in [6.45, 7) is 3.60. The summed E-state index contributed by atoms with van der Waals surface area (Å²) in [5.41, 5.74) is 6.58. The average Bonchev–Trinajstić information content (AvgIpc) is 2.38. The molecule has 1 aromatic carbocycles. The van der Waals surface area contributed by atoms with Gasteiger partial charge in [0.25, 0.3) is 5.91 Å². The molecule has 1 aliphatic rings. The van der Waals surface area contributed by atoms with Crippen molar-refractivity contribution in [3.05, 3.63) is 33.3 Å². The van der Waals surface area contributed by atoms with Crippen molar-refractivity contribution >= 4 is 45.8 Å². The number of carbonyl (C=O) groups excluding carboxylic acids is 1. The molecule has 0 aliphatic carbocycles. The number of likely N-dealkylation sites (tertiary alicyclic amines) is 1. The topological polar surface area (TPSA) is 46.3 Å². The Labute approximate surface area is 139 Å². The van der Waals surface area contributed by atoms with E-state index in [1.807, 2.05) is 11.8 Å². The fourth-order valence-electron chi connectivity index (χ4n) is 2.46. The van der Waals surface area contributed by atoms with Crippen LogP contribution in [0.4, 0.5) is 0 Å². The first-order valence-electron chi connectivity index (χ1n) is 6.49. The van der Waals surface area contributed by atoms with Crippen LogP contribution in [0.3, 0.4) is 0 Å². The molecule has 0 bridgehead atoms. The van der Waals surface area contributed by atoms with Crippen LogP contribution in [-0.4, -0.2) is 29.9 Å². The molecule has 1 amide bonds. The number of piperidine rings is 1. The Morgan fingerprint density at radius 3 is 2.55 bits per heavy atom. The third kappa shape index (κ3) is 4.10. The first-order valence-corrected chi connectivity index (χ1v) is 7.66. The third-order valence-corrected chi connectivity index (χ3v) is 4.62. The molecule has 6 heteroatoms. The Bertz CT molecular complexity index is 474. The van der Waals surface area contributed by atoms with E-state index in [-0.39, 0.29) is 24.4 Å². The predicted molar refractivity (Wildman–Crippen MR) is 88.7 cm³/mol. The van der Waals surface area contributed by atoms with E-state index in [1.165, 1.54) is 0 Å². The zero-order chi connectivity index (χ0) is 14.0. The molecule has 1 aliphatic heterocycles. The third-order valence-electron chi connectivity index (χ3n) is 3.73. The second-order valence-corrected chi connectivity index (χ2v) is 6.40. The molecular weight excluding hydrogens is 363 g/mol. The van der Waals surface area contributed by atoms with Gasteiger partial charge in [-0.15, -0.1) is 12.4 Å². The first-order chi connectivity index (χ1) is 8.99. The Kier molecular flexibility index (Phi) is 6.79. The molecule has 3 nitrogen and oxygen atoms in total. The zero-order valence-corrected chi connectivity index (χ0v) is 14.5. The van der Waals surface area contributed by atoms with Crippen molar-refractivity contribution in [3.63, 3.8) is 0 Å². The Balaban J connectivity index is 0.00000200. The van der Waals surface area contributed by atoms with Crippen molar-refractivity contribution in [1.82, 2.24) is 4.90 Å². The van der Waals surface area contributed by atoms with Gasteiger partial charge in [-0.1, -0.05) is 11.6 Å². The van der Waals surface area contributed by atoms with Gasteiger partial charge in [-0.05, 0) is 59.8 Å². The van der Waals surface area contributed by atoms with E-state index in [2.05, 4.69) is 15.9 Å². The van der Waals surface area contributed by atoms with Crippen LogP contribution >= 0.6 is 39.9 Å². The minimum absolute atomic E-state index is 0. The zero-order valence-electron chi connectivity index (χ0n) is 11.3. The molecule has 1 saturated heterocycles. The van der Waals surface area contributed by atoms with Gasteiger partial charge in [0.1, 0.15) is 0 Å². The van der Waals surface area contributed by atoms with Crippen LogP contribution in [0.15, 0.2) is 22.7 Å². The standard InChI is InChI=1S/C14H18BrClN2O.ClH/c1-9(17)10-4-6-18(7-5-10)14(19)12-3-2-11(16)8-13(12)15;/h2-3,8-10H,4-7,17H2,1H3;1H. The fourth-order valence-corrected chi connectivity index (χ4v) is 3.31. The maximum Gasteiger partial charge on any atom is 0.254 e. The maximum absolute atomic E-state index is 12.4. The van der Waals surface area contributed by atoms with E-state index in [4.69, 9.17) is 17.3 Å². The second kappa shape index (κ2) is 7.64.